The van der Waals surface area contributed by atoms with Crippen molar-refractivity contribution < 1.29 is 23.5 Å². The maximum atomic E-state index is 13.6. The van der Waals surface area contributed by atoms with Crippen molar-refractivity contribution in [3.05, 3.63) is 40.2 Å². The highest BCUT2D eigenvalue weighted by molar-refractivity contribution is 7.98. The van der Waals surface area contributed by atoms with Crippen molar-refractivity contribution >= 4 is 57.8 Å². The first-order valence-electron chi connectivity index (χ1n) is 12.0. The van der Waals surface area contributed by atoms with Gasteiger partial charge in [0.15, 0.2) is 5.78 Å². The summed E-state index contributed by atoms with van der Waals surface area (Å²) in [7, 11) is 0. The van der Waals surface area contributed by atoms with Gasteiger partial charge in [0.05, 0.1) is 6.04 Å². The number of hydrogen-bond donors (Lipinski definition) is 3. The Kier molecular flexibility index (Phi) is 10.9. The van der Waals surface area contributed by atoms with Crippen LogP contribution in [0.25, 0.3) is 11.0 Å². The topological polar surface area (TPSA) is 141 Å². The number of fused-ring (bicyclic) bond motifs is 1. The molecule has 11 heteroatoms. The van der Waals surface area contributed by atoms with Gasteiger partial charge in [-0.3, -0.25) is 9.59 Å². The molecule has 1 aromatic heterocycles. The van der Waals surface area contributed by atoms with Gasteiger partial charge in [0.1, 0.15) is 28.3 Å². The lowest BCUT2D eigenvalue weighted by molar-refractivity contribution is -0.129. The molecule has 204 valence electrons. The van der Waals surface area contributed by atoms with Crippen LogP contribution in [0.5, 0.6) is 0 Å². The van der Waals surface area contributed by atoms with E-state index in [1.54, 1.807) is 45.0 Å². The van der Waals surface area contributed by atoms with Crippen molar-refractivity contribution in [1.29, 1.82) is 0 Å². The molecule has 1 unspecified atom stereocenters. The molecule has 1 heterocycles. The van der Waals surface area contributed by atoms with Gasteiger partial charge < -0.3 is 25.5 Å². The maximum absolute atomic E-state index is 13.6. The Labute approximate surface area is 226 Å². The number of nitrogens with one attached hydrogen (secondary N) is 2. The van der Waals surface area contributed by atoms with E-state index in [-0.39, 0.29) is 29.2 Å². The quantitative estimate of drug-likeness (QED) is 0.274. The molecule has 2 amide bonds. The number of ketones is 1. The summed E-state index contributed by atoms with van der Waals surface area (Å²) in [6.07, 6.45) is 1.76. The highest BCUT2D eigenvalue weighted by atomic mass is 35.5. The highest BCUT2D eigenvalue weighted by Gasteiger charge is 2.34. The summed E-state index contributed by atoms with van der Waals surface area (Å²) in [5, 5.41) is 4.49. The van der Waals surface area contributed by atoms with Crippen LogP contribution < -0.4 is 22.0 Å². The molecule has 2 rings (SSSR count). The number of carbonyl (C=O) groups excluding carboxylic acids is 3. The minimum atomic E-state index is -1.32. The number of benzene rings is 1. The zero-order chi connectivity index (χ0) is 27.9. The second-order valence-electron chi connectivity index (χ2n) is 10.1. The number of amides is 2. The Hall–Kier alpha value is -2.72. The molecule has 0 fully saturated rings. The fraction of sp³-hybridized carbons (Fsp3) is 0.538. The molecule has 0 saturated carbocycles. The summed E-state index contributed by atoms with van der Waals surface area (Å²) >= 11 is 8.13. The Bertz CT molecular complexity index is 1180. The predicted octanol–water partition coefficient (Wildman–Crippen LogP) is 4.40. The zero-order valence-corrected chi connectivity index (χ0v) is 23.6. The van der Waals surface area contributed by atoms with Gasteiger partial charge in [0.25, 0.3) is 0 Å². The number of nitrogen functional groups attached to an aromatic ring is 1. The van der Waals surface area contributed by atoms with Crippen LogP contribution >= 0.6 is 23.4 Å². The van der Waals surface area contributed by atoms with Gasteiger partial charge >= 0.3 is 11.7 Å². The minimum absolute atomic E-state index is 0.0708. The lowest BCUT2D eigenvalue weighted by atomic mass is 9.97. The fourth-order valence-electron chi connectivity index (χ4n) is 3.73. The first-order valence-corrected chi connectivity index (χ1v) is 13.9. The third-order valence-electron chi connectivity index (χ3n) is 5.38. The molecule has 0 saturated heterocycles. The van der Waals surface area contributed by atoms with E-state index < -0.39 is 46.5 Å². The molecule has 0 aliphatic carbocycles. The van der Waals surface area contributed by atoms with Crippen molar-refractivity contribution in [3.63, 3.8) is 0 Å². The molecule has 0 spiro atoms. The number of para-hydroxylation sites is 1. The van der Waals surface area contributed by atoms with E-state index in [2.05, 4.69) is 10.6 Å². The number of hydrogen-bond acceptors (Lipinski definition) is 8. The lowest BCUT2D eigenvalue weighted by Crippen LogP contribution is -2.53. The largest absolute Gasteiger partial charge is 0.444 e. The third-order valence-corrected chi connectivity index (χ3v) is 6.46. The predicted molar refractivity (Wildman–Crippen MR) is 148 cm³/mol. The van der Waals surface area contributed by atoms with E-state index in [0.29, 0.717) is 17.6 Å². The van der Waals surface area contributed by atoms with Gasteiger partial charge in [-0.25, -0.2) is 9.59 Å². The first-order chi connectivity index (χ1) is 17.2. The van der Waals surface area contributed by atoms with Crippen LogP contribution in [-0.4, -0.2) is 47.5 Å². The Morgan fingerprint density at radius 2 is 1.78 bits per heavy atom. The average molecular weight is 554 g/mol. The van der Waals surface area contributed by atoms with Gasteiger partial charge in [0.2, 0.25) is 5.91 Å². The van der Waals surface area contributed by atoms with Gasteiger partial charge in [-0.15, -0.1) is 11.6 Å². The van der Waals surface area contributed by atoms with E-state index in [9.17, 15) is 19.2 Å². The smallest absolute Gasteiger partial charge is 0.408 e. The number of alkyl carbamates (subject to hydrolysis) is 1. The van der Waals surface area contributed by atoms with Crippen LogP contribution in [-0.2, 0) is 14.3 Å². The standard InChI is InChI=1S/C26H36ClN3O6S/c1-14(2)13-17(30-25(34)36-26(3,4)5)23(32)29-16(11-12-37-6)22(31)20(27)19-15-9-7-8-10-18(15)35-24(33)21(19)28/h7-10,14,16-17,20H,11-13,28H2,1-6H3,(H,29,32)(H,30,34)/t16-,17-,20?/m0/s1. The average Bonchev–Trinajstić information content (AvgIpc) is 2.79. The number of carbonyl (C=O) groups is 3. The fourth-order valence-corrected chi connectivity index (χ4v) is 4.58. The summed E-state index contributed by atoms with van der Waals surface area (Å²) in [4.78, 5) is 51.6. The number of ether oxygens (including phenoxy) is 1. The van der Waals surface area contributed by atoms with Crippen molar-refractivity contribution in [3.8, 4) is 0 Å². The summed E-state index contributed by atoms with van der Waals surface area (Å²) in [5.74, 6) is -0.427. The SMILES string of the molecule is CSCC[C@H](NC(=O)[C@H](CC(C)C)NC(=O)OC(C)(C)C)C(=O)C(Cl)c1c(N)c(=O)oc2ccccc12. The van der Waals surface area contributed by atoms with E-state index in [1.165, 1.54) is 11.8 Å². The molecular weight excluding hydrogens is 518 g/mol. The summed E-state index contributed by atoms with van der Waals surface area (Å²) in [5.41, 5.74) is 4.60. The van der Waals surface area contributed by atoms with Crippen molar-refractivity contribution in [1.82, 2.24) is 10.6 Å². The van der Waals surface area contributed by atoms with Crippen LogP contribution in [0, 0.1) is 5.92 Å². The number of thioether (sulfide) groups is 1. The molecule has 0 bridgehead atoms. The van der Waals surface area contributed by atoms with Crippen molar-refractivity contribution in [2.45, 2.75) is 70.5 Å². The van der Waals surface area contributed by atoms with Gasteiger partial charge in [-0.2, -0.15) is 11.8 Å². The zero-order valence-electron chi connectivity index (χ0n) is 22.1. The summed E-state index contributed by atoms with van der Waals surface area (Å²) < 4.78 is 10.5. The molecule has 0 aliphatic rings. The lowest BCUT2D eigenvalue weighted by Gasteiger charge is -2.27. The Morgan fingerprint density at radius 3 is 2.38 bits per heavy atom. The normalized spacial score (nSPS) is 14.2. The van der Waals surface area contributed by atoms with Crippen LogP contribution in [0.1, 0.15) is 58.4 Å². The molecule has 0 radical (unpaired) electrons. The van der Waals surface area contributed by atoms with Gasteiger partial charge in [-0.05, 0) is 57.6 Å². The highest BCUT2D eigenvalue weighted by Crippen LogP contribution is 2.33. The number of halogens is 1. The third kappa shape index (κ3) is 8.67. The maximum Gasteiger partial charge on any atom is 0.408 e. The molecular formula is C26H36ClN3O6S. The molecule has 0 aliphatic heterocycles. The molecule has 4 N–H and O–H groups in total. The van der Waals surface area contributed by atoms with Crippen molar-refractivity contribution in [2.24, 2.45) is 5.92 Å². The van der Waals surface area contributed by atoms with Crippen LogP contribution in [0.3, 0.4) is 0 Å². The number of rotatable bonds is 11. The van der Waals surface area contributed by atoms with Crippen LogP contribution in [0.4, 0.5) is 10.5 Å². The molecule has 9 nitrogen and oxygen atoms in total. The van der Waals surface area contributed by atoms with E-state index >= 15 is 0 Å². The monoisotopic (exact) mass is 553 g/mol. The number of anilines is 1. The molecule has 2 aromatic rings. The van der Waals surface area contributed by atoms with Crippen molar-refractivity contribution in [2.75, 3.05) is 17.7 Å². The summed E-state index contributed by atoms with van der Waals surface area (Å²) in [6.45, 7) is 9.00. The summed E-state index contributed by atoms with van der Waals surface area (Å²) in [6, 6.07) is 4.73. The molecule has 3 atom stereocenters. The molecule has 37 heavy (non-hydrogen) atoms. The number of alkyl halides is 1. The van der Waals surface area contributed by atoms with Gasteiger partial charge in [0, 0.05) is 10.9 Å². The number of nitrogens with two attached hydrogens (primary N) is 1. The van der Waals surface area contributed by atoms with Crippen LogP contribution in [0.2, 0.25) is 0 Å². The number of Topliss-reactive ketones (excluding diaryl/α,β-unsaturated/α-hetero) is 1. The first kappa shape index (κ1) is 30.5. The van der Waals surface area contributed by atoms with Gasteiger partial charge in [-0.1, -0.05) is 32.0 Å². The Morgan fingerprint density at radius 1 is 1.14 bits per heavy atom. The second-order valence-corrected chi connectivity index (χ2v) is 11.6. The second kappa shape index (κ2) is 13.2. The molecule has 1 aromatic carbocycles. The van der Waals surface area contributed by atoms with Crippen LogP contribution in [0.15, 0.2) is 33.5 Å². The Balaban J connectivity index is 2.35. The van der Waals surface area contributed by atoms with E-state index in [0.717, 1.165) is 0 Å². The minimum Gasteiger partial charge on any atom is -0.444 e. The van der Waals surface area contributed by atoms with E-state index in [1.807, 2.05) is 20.1 Å². The van der Waals surface area contributed by atoms with E-state index in [4.69, 9.17) is 26.5 Å².